The van der Waals surface area contributed by atoms with E-state index in [1.165, 1.54) is 10.9 Å². The molecular weight excluding hydrogens is 650 g/mol. The number of aliphatic hydroxyl groups is 2. The van der Waals surface area contributed by atoms with Gasteiger partial charge in [0.2, 0.25) is 5.95 Å². The van der Waals surface area contributed by atoms with Gasteiger partial charge in [-0.25, -0.2) is 29.1 Å². The lowest BCUT2D eigenvalue weighted by Gasteiger charge is -2.27. The summed E-state index contributed by atoms with van der Waals surface area (Å²) in [6.45, 7) is -1.65. The predicted octanol–water partition coefficient (Wildman–Crippen LogP) is -2.34. The van der Waals surface area contributed by atoms with Crippen molar-refractivity contribution in [1.82, 2.24) is 39.0 Å². The molecule has 7 heterocycles. The van der Waals surface area contributed by atoms with E-state index in [1.54, 1.807) is 0 Å². The summed E-state index contributed by atoms with van der Waals surface area (Å²) >= 11 is 0. The number of nitrogens with one attached hydrogen (secondary N) is 1. The molecule has 0 bridgehead atoms. The minimum Gasteiger partial charge on any atom is -0.386 e. The Kier molecular flexibility index (Phi) is 7.27. The third-order valence-corrected chi connectivity index (χ3v) is 9.29. The zero-order valence-electron chi connectivity index (χ0n) is 22.4. The van der Waals surface area contributed by atoms with Crippen LogP contribution in [0.1, 0.15) is 12.5 Å². The summed E-state index contributed by atoms with van der Waals surface area (Å²) in [6, 6.07) is 0. The Morgan fingerprint density at radius 1 is 0.822 bits per heavy atom. The van der Waals surface area contributed by atoms with Gasteiger partial charge in [0.25, 0.3) is 5.56 Å². The lowest BCUT2D eigenvalue weighted by atomic mass is 10.1. The maximum atomic E-state index is 13.1. The van der Waals surface area contributed by atoms with Crippen LogP contribution in [0.4, 0.5) is 11.8 Å². The number of nitrogens with zero attached hydrogens (tertiary/aromatic N) is 7. The summed E-state index contributed by atoms with van der Waals surface area (Å²) in [4.78, 5) is 55.6. The van der Waals surface area contributed by atoms with Crippen molar-refractivity contribution < 1.29 is 56.7 Å². The molecule has 242 valence electrons. The van der Waals surface area contributed by atoms with E-state index in [2.05, 4.69) is 29.9 Å². The van der Waals surface area contributed by atoms with Gasteiger partial charge in [-0.2, -0.15) is 4.98 Å². The molecule has 0 amide bonds. The number of aliphatic hydroxyl groups excluding tert-OH is 2. The Bertz CT molecular complexity index is 1940. The number of fused-ring (bicyclic) bond motifs is 4. The number of hydrogen-bond acceptors (Lipinski definition) is 18. The van der Waals surface area contributed by atoms with E-state index in [9.17, 15) is 33.9 Å². The number of nitrogens with two attached hydrogens (primary N) is 2. The van der Waals surface area contributed by atoms with Crippen molar-refractivity contribution in [3.05, 3.63) is 29.3 Å². The average Bonchev–Trinajstić information content (AvgIpc) is 3.72. The average molecular weight is 674 g/mol. The van der Waals surface area contributed by atoms with Crippen molar-refractivity contribution in [2.45, 2.75) is 49.1 Å². The van der Waals surface area contributed by atoms with Crippen molar-refractivity contribution in [1.29, 1.82) is 0 Å². The minimum atomic E-state index is -5.06. The Morgan fingerprint density at radius 3 is 1.93 bits per heavy atom. The third-order valence-electron chi connectivity index (χ3n) is 7.32. The molecule has 9 N–H and O–H groups in total. The smallest absolute Gasteiger partial charge is 0.386 e. The van der Waals surface area contributed by atoms with E-state index in [0.29, 0.717) is 0 Å². The van der Waals surface area contributed by atoms with Gasteiger partial charge in [-0.3, -0.25) is 37.0 Å². The number of imidazole rings is 2. The Labute approximate surface area is 248 Å². The fourth-order valence-electron chi connectivity index (χ4n) is 5.32. The van der Waals surface area contributed by atoms with Crippen molar-refractivity contribution in [3.8, 4) is 0 Å². The van der Waals surface area contributed by atoms with Gasteiger partial charge in [-0.05, 0) is 0 Å². The van der Waals surface area contributed by atoms with Crippen LogP contribution in [-0.2, 0) is 36.7 Å². The first-order chi connectivity index (χ1) is 21.3. The first-order valence-electron chi connectivity index (χ1n) is 13.0. The van der Waals surface area contributed by atoms with Crippen LogP contribution < -0.4 is 17.0 Å². The Hall–Kier alpha value is -3.44. The lowest BCUT2D eigenvalue weighted by Crippen LogP contribution is -2.39. The first-order valence-corrected chi connectivity index (χ1v) is 15.9. The molecule has 3 fully saturated rings. The van der Waals surface area contributed by atoms with Crippen LogP contribution in [0.5, 0.6) is 0 Å². The summed E-state index contributed by atoms with van der Waals surface area (Å²) in [6.07, 6.45) is -9.11. The topological polar surface area (TPSA) is 330 Å². The van der Waals surface area contributed by atoms with E-state index in [0.717, 1.165) is 17.2 Å². The fourth-order valence-corrected chi connectivity index (χ4v) is 7.25. The van der Waals surface area contributed by atoms with E-state index < -0.39 is 83.5 Å². The van der Waals surface area contributed by atoms with Gasteiger partial charge in [0, 0.05) is 0 Å². The molecular formula is C20H24N10O13P2. The molecule has 3 saturated heterocycles. The summed E-state index contributed by atoms with van der Waals surface area (Å²) in [5.41, 5.74) is 10.8. The molecule has 4 aromatic rings. The van der Waals surface area contributed by atoms with E-state index >= 15 is 0 Å². The SMILES string of the molecule is Nc1nc2c(ncn2[C@@H]2O[C@@H]3COP(=O)(O)O[C@@H]4C(O)[C@H](n5cnc6c(N)ncnc65)O[C@@H]4COP(=O)(O)O[C@@H]3C2O)c(=O)[nH]1. The molecule has 45 heavy (non-hydrogen) atoms. The normalized spacial score (nSPS) is 37.7. The maximum absolute atomic E-state index is 13.1. The molecule has 10 atom stereocenters. The molecule has 0 aromatic carbocycles. The van der Waals surface area contributed by atoms with Crippen LogP contribution in [0.3, 0.4) is 0 Å². The second-order valence-corrected chi connectivity index (χ2v) is 13.0. The second kappa shape index (κ2) is 10.8. The minimum absolute atomic E-state index is 0.0383. The molecule has 4 unspecified atom stereocenters. The summed E-state index contributed by atoms with van der Waals surface area (Å²) in [7, 11) is -10.1. The van der Waals surface area contributed by atoms with Crippen molar-refractivity contribution in [2.75, 3.05) is 24.7 Å². The van der Waals surface area contributed by atoms with Gasteiger partial charge in [0.1, 0.15) is 48.5 Å². The van der Waals surface area contributed by atoms with Gasteiger partial charge in [0.15, 0.2) is 35.1 Å². The number of rotatable bonds is 2. The van der Waals surface area contributed by atoms with Crippen LogP contribution in [0, 0.1) is 0 Å². The highest BCUT2D eigenvalue weighted by molar-refractivity contribution is 7.47. The quantitative estimate of drug-likeness (QED) is 0.109. The largest absolute Gasteiger partial charge is 0.472 e. The summed E-state index contributed by atoms with van der Waals surface area (Å²) < 4.78 is 60.9. The van der Waals surface area contributed by atoms with Gasteiger partial charge in [-0.1, -0.05) is 0 Å². The number of aromatic amines is 1. The molecule has 23 nitrogen and oxygen atoms in total. The number of phosphoric acid groups is 2. The molecule has 7 rings (SSSR count). The summed E-state index contributed by atoms with van der Waals surface area (Å²) in [5.74, 6) is -0.230. The molecule has 4 aromatic heterocycles. The van der Waals surface area contributed by atoms with Crippen LogP contribution in [0.25, 0.3) is 22.3 Å². The highest BCUT2D eigenvalue weighted by atomic mass is 31.2. The monoisotopic (exact) mass is 674 g/mol. The van der Waals surface area contributed by atoms with Crippen molar-refractivity contribution in [2.24, 2.45) is 0 Å². The van der Waals surface area contributed by atoms with E-state index in [-0.39, 0.29) is 34.1 Å². The standard InChI is InChI=1S/C20H24N10O13P2/c21-14-8-15(24-3-23-14)29(4-25-8)18-10(31)12-6(40-18)1-38-45(36,37)43-13-7(2-39-44(34,35)42-12)41-19(11(13)32)30-5-26-9-16(30)27-20(22)28-17(9)33/h3-7,10-13,18-19,31-32H,1-2H2,(H,34,35)(H,36,37)(H2,21,23,24)(H3,22,27,28,33)/t6-,7-,10?,11?,12+,13+,18-,19-/m1/s1. The molecule has 0 aliphatic carbocycles. The molecule has 0 spiro atoms. The molecule has 0 radical (unpaired) electrons. The van der Waals surface area contributed by atoms with Crippen LogP contribution >= 0.6 is 15.6 Å². The maximum Gasteiger partial charge on any atom is 0.472 e. The molecule has 0 saturated carbocycles. The van der Waals surface area contributed by atoms with Crippen molar-refractivity contribution in [3.63, 3.8) is 0 Å². The second-order valence-electron chi connectivity index (χ2n) is 10.1. The van der Waals surface area contributed by atoms with Crippen LogP contribution in [0.15, 0.2) is 23.8 Å². The van der Waals surface area contributed by atoms with Crippen LogP contribution in [0.2, 0.25) is 0 Å². The third kappa shape index (κ3) is 5.31. The van der Waals surface area contributed by atoms with Gasteiger partial charge >= 0.3 is 15.6 Å². The highest BCUT2D eigenvalue weighted by Gasteiger charge is 2.54. The Balaban J connectivity index is 1.17. The number of aromatic nitrogens is 8. The number of hydrogen-bond donors (Lipinski definition) is 7. The Morgan fingerprint density at radius 2 is 1.36 bits per heavy atom. The summed E-state index contributed by atoms with van der Waals surface area (Å²) in [5, 5.41) is 22.2. The zero-order valence-corrected chi connectivity index (χ0v) is 24.2. The van der Waals surface area contributed by atoms with Crippen LogP contribution in [-0.4, -0.2) is 109 Å². The zero-order chi connectivity index (χ0) is 31.8. The predicted molar refractivity (Wildman–Crippen MR) is 143 cm³/mol. The highest BCUT2D eigenvalue weighted by Crippen LogP contribution is 2.53. The van der Waals surface area contributed by atoms with E-state index in [1.807, 2.05) is 0 Å². The number of ether oxygens (including phenoxy) is 2. The molecule has 25 heteroatoms. The first kappa shape index (κ1) is 30.2. The lowest BCUT2D eigenvalue weighted by molar-refractivity contribution is -0.0664. The van der Waals surface area contributed by atoms with E-state index in [4.69, 9.17) is 39.0 Å². The number of nitrogen functional groups attached to an aromatic ring is 2. The van der Waals surface area contributed by atoms with Gasteiger partial charge in [-0.15, -0.1) is 0 Å². The van der Waals surface area contributed by atoms with Crippen molar-refractivity contribution >= 4 is 49.7 Å². The molecule has 3 aliphatic rings. The van der Waals surface area contributed by atoms with Gasteiger partial charge < -0.3 is 40.9 Å². The van der Waals surface area contributed by atoms with Gasteiger partial charge in [0.05, 0.1) is 25.9 Å². The fraction of sp³-hybridized carbons (Fsp3) is 0.500. The number of anilines is 2. The number of H-pyrrole nitrogens is 1. The number of phosphoric ester groups is 2. The molecule has 3 aliphatic heterocycles.